The van der Waals surface area contributed by atoms with Gasteiger partial charge in [0.05, 0.1) is 25.4 Å². The molecule has 0 aromatic heterocycles. The van der Waals surface area contributed by atoms with E-state index < -0.39 is 30.8 Å². The maximum atomic E-state index is 13.1. The number of amides is 1. The normalized spacial score (nSPS) is 18.5. The first kappa shape index (κ1) is 20.7. The van der Waals surface area contributed by atoms with Crippen LogP contribution in [0, 0.1) is 0 Å². The molecule has 1 aliphatic heterocycles. The maximum absolute atomic E-state index is 13.1. The maximum Gasteiger partial charge on any atom is 0.315 e. The minimum Gasteiger partial charge on any atom is -0.468 e. The molecular weight excluding hydrogens is 362 g/mol. The molecule has 0 saturated carbocycles. The summed E-state index contributed by atoms with van der Waals surface area (Å²) in [6, 6.07) is 6.19. The van der Waals surface area contributed by atoms with Crippen molar-refractivity contribution >= 4 is 41.7 Å². The number of esters is 1. The second-order valence-corrected chi connectivity index (χ2v) is 6.24. The highest BCUT2D eigenvalue weighted by Gasteiger charge is 2.42. The highest BCUT2D eigenvalue weighted by atomic mass is 35.5. The second-order valence-electron chi connectivity index (χ2n) is 5.25. The lowest BCUT2D eigenvalue weighted by atomic mass is 10.1. The van der Waals surface area contributed by atoms with Gasteiger partial charge in [-0.05, 0) is 17.7 Å². The van der Waals surface area contributed by atoms with E-state index in [0.29, 0.717) is 11.4 Å². The largest absolute Gasteiger partial charge is 0.468 e. The van der Waals surface area contributed by atoms with Crippen molar-refractivity contribution in [3.63, 3.8) is 0 Å². The minimum atomic E-state index is -2.84. The van der Waals surface area contributed by atoms with E-state index in [1.807, 2.05) is 6.07 Å². The van der Waals surface area contributed by atoms with Gasteiger partial charge in [0, 0.05) is 17.9 Å². The number of carbonyl (C=O) groups excluding carboxylic acids is 2. The number of nitrogens with one attached hydrogen (secondary N) is 2. The third kappa shape index (κ3) is 6.26. The van der Waals surface area contributed by atoms with E-state index >= 15 is 0 Å². The van der Waals surface area contributed by atoms with Crippen LogP contribution < -0.4 is 10.6 Å². The van der Waals surface area contributed by atoms with E-state index in [2.05, 4.69) is 15.4 Å². The van der Waals surface area contributed by atoms with Crippen LogP contribution in [0.3, 0.4) is 0 Å². The van der Waals surface area contributed by atoms with Gasteiger partial charge in [-0.2, -0.15) is 0 Å². The molecular formula is C15H19ClF2N2O3S. The van der Waals surface area contributed by atoms with E-state index in [9.17, 15) is 18.4 Å². The summed E-state index contributed by atoms with van der Waals surface area (Å²) < 4.78 is 30.8. The van der Waals surface area contributed by atoms with Crippen LogP contribution in [0.2, 0.25) is 0 Å². The fraction of sp³-hybridized carbons (Fsp3) is 0.467. The summed E-state index contributed by atoms with van der Waals surface area (Å²) in [5, 5.41) is 5.15. The molecule has 0 spiro atoms. The van der Waals surface area contributed by atoms with Crippen LogP contribution in [-0.2, 0) is 20.1 Å². The Morgan fingerprint density at radius 1 is 1.46 bits per heavy atom. The van der Waals surface area contributed by atoms with E-state index in [0.717, 1.165) is 5.56 Å². The monoisotopic (exact) mass is 380 g/mol. The quantitative estimate of drug-likeness (QED) is 0.742. The first-order valence-corrected chi connectivity index (χ1v) is 8.21. The molecule has 24 heavy (non-hydrogen) atoms. The van der Waals surface area contributed by atoms with Gasteiger partial charge >= 0.3 is 5.97 Å². The molecule has 0 bridgehead atoms. The molecule has 1 aliphatic rings. The average Bonchev–Trinajstić information content (AvgIpc) is 2.88. The Kier molecular flexibility index (Phi) is 7.92. The van der Waals surface area contributed by atoms with Crippen LogP contribution in [0.5, 0.6) is 0 Å². The molecule has 1 unspecified atom stereocenters. The molecule has 1 atom stereocenters. The lowest BCUT2D eigenvalue weighted by Crippen LogP contribution is -2.35. The SMILES string of the molecule is COC(=O)CSCc1cccc(NC(=O)C2CC(F)(F)CN2)c1.Cl. The number of methoxy groups -OCH3 is 1. The van der Waals surface area contributed by atoms with Crippen LogP contribution in [0.4, 0.5) is 14.5 Å². The van der Waals surface area contributed by atoms with E-state index in [-0.39, 0.29) is 24.1 Å². The van der Waals surface area contributed by atoms with Crippen molar-refractivity contribution in [3.8, 4) is 0 Å². The minimum absolute atomic E-state index is 0. The lowest BCUT2D eigenvalue weighted by molar-refractivity contribution is -0.137. The molecule has 0 aliphatic carbocycles. The smallest absolute Gasteiger partial charge is 0.315 e. The van der Waals surface area contributed by atoms with Gasteiger partial charge in [0.15, 0.2) is 0 Å². The van der Waals surface area contributed by atoms with Crippen LogP contribution in [0.15, 0.2) is 24.3 Å². The molecule has 1 aromatic carbocycles. The first-order valence-electron chi connectivity index (χ1n) is 7.05. The molecule has 134 valence electrons. The topological polar surface area (TPSA) is 67.4 Å². The summed E-state index contributed by atoms with van der Waals surface area (Å²) in [6.07, 6.45) is -0.493. The number of hydrogen-bond acceptors (Lipinski definition) is 5. The first-order chi connectivity index (χ1) is 10.9. The van der Waals surface area contributed by atoms with Crippen molar-refractivity contribution < 1.29 is 23.1 Å². The van der Waals surface area contributed by atoms with Gasteiger partial charge in [-0.25, -0.2) is 8.78 Å². The van der Waals surface area contributed by atoms with Crippen molar-refractivity contribution in [2.75, 3.05) is 24.7 Å². The number of thioether (sulfide) groups is 1. The fourth-order valence-electron chi connectivity index (χ4n) is 2.18. The van der Waals surface area contributed by atoms with Gasteiger partial charge in [0.2, 0.25) is 5.91 Å². The molecule has 2 rings (SSSR count). The van der Waals surface area contributed by atoms with E-state index in [4.69, 9.17) is 0 Å². The van der Waals surface area contributed by atoms with Gasteiger partial charge in [-0.3, -0.25) is 14.9 Å². The standard InChI is InChI=1S/C15H18F2N2O3S.ClH/c1-22-13(20)8-23-7-10-3-2-4-11(5-10)19-14(21)12-6-15(16,17)9-18-12;/h2-5,12,18H,6-9H2,1H3,(H,19,21);1H. The predicted octanol–water partition coefficient (Wildman–Crippen LogP) is 2.45. The summed E-state index contributed by atoms with van der Waals surface area (Å²) in [4.78, 5) is 23.0. The highest BCUT2D eigenvalue weighted by Crippen LogP contribution is 2.26. The van der Waals surface area contributed by atoms with Crippen molar-refractivity contribution in [1.82, 2.24) is 5.32 Å². The van der Waals surface area contributed by atoms with Crippen LogP contribution in [-0.4, -0.2) is 43.2 Å². The average molecular weight is 381 g/mol. The zero-order valence-corrected chi connectivity index (χ0v) is 14.6. The zero-order chi connectivity index (χ0) is 16.9. The Morgan fingerprint density at radius 2 is 2.21 bits per heavy atom. The molecule has 9 heteroatoms. The molecule has 1 saturated heterocycles. The van der Waals surface area contributed by atoms with Crippen LogP contribution in [0.25, 0.3) is 0 Å². The highest BCUT2D eigenvalue weighted by molar-refractivity contribution is 7.99. The Bertz CT molecular complexity index is 590. The van der Waals surface area contributed by atoms with Crippen LogP contribution >= 0.6 is 24.2 Å². The van der Waals surface area contributed by atoms with Crippen molar-refractivity contribution in [2.45, 2.75) is 24.1 Å². The van der Waals surface area contributed by atoms with Gasteiger partial charge in [-0.15, -0.1) is 24.2 Å². The molecule has 1 heterocycles. The third-order valence-electron chi connectivity index (χ3n) is 3.34. The predicted molar refractivity (Wildman–Crippen MR) is 91.9 cm³/mol. The Labute approximate surface area is 149 Å². The number of hydrogen-bond donors (Lipinski definition) is 2. The Morgan fingerprint density at radius 3 is 2.83 bits per heavy atom. The van der Waals surface area contributed by atoms with E-state index in [1.165, 1.54) is 18.9 Å². The molecule has 1 fully saturated rings. The number of benzene rings is 1. The number of halogens is 3. The summed E-state index contributed by atoms with van der Waals surface area (Å²) in [7, 11) is 1.33. The number of alkyl halides is 2. The van der Waals surface area contributed by atoms with Gasteiger partial charge in [0.25, 0.3) is 5.92 Å². The molecule has 0 radical (unpaired) electrons. The molecule has 5 nitrogen and oxygen atoms in total. The van der Waals surface area contributed by atoms with Gasteiger partial charge in [0.1, 0.15) is 0 Å². The fourth-order valence-corrected chi connectivity index (χ4v) is 2.98. The number of anilines is 1. The Hall–Kier alpha value is -1.38. The zero-order valence-electron chi connectivity index (χ0n) is 13.0. The molecule has 2 N–H and O–H groups in total. The van der Waals surface area contributed by atoms with Crippen molar-refractivity contribution in [3.05, 3.63) is 29.8 Å². The Balaban J connectivity index is 0.00000288. The lowest BCUT2D eigenvalue weighted by Gasteiger charge is -2.12. The second kappa shape index (κ2) is 9.19. The van der Waals surface area contributed by atoms with Crippen LogP contribution in [0.1, 0.15) is 12.0 Å². The van der Waals surface area contributed by atoms with Gasteiger partial charge < -0.3 is 10.1 Å². The summed E-state index contributed by atoms with van der Waals surface area (Å²) in [6.45, 7) is -0.477. The molecule has 1 amide bonds. The van der Waals surface area contributed by atoms with E-state index in [1.54, 1.807) is 18.2 Å². The van der Waals surface area contributed by atoms with Crippen molar-refractivity contribution in [1.29, 1.82) is 0 Å². The summed E-state index contributed by atoms with van der Waals surface area (Å²) in [5.74, 6) is -2.78. The summed E-state index contributed by atoms with van der Waals surface area (Å²) >= 11 is 1.39. The molecule has 1 aromatic rings. The van der Waals surface area contributed by atoms with Crippen molar-refractivity contribution in [2.24, 2.45) is 0 Å². The van der Waals surface area contributed by atoms with Gasteiger partial charge in [-0.1, -0.05) is 12.1 Å². The number of carbonyl (C=O) groups is 2. The summed E-state index contributed by atoms with van der Waals surface area (Å²) in [5.41, 5.74) is 1.46. The third-order valence-corrected chi connectivity index (χ3v) is 4.31. The number of rotatable bonds is 6. The number of ether oxygens (including phenoxy) is 1.